The van der Waals surface area contributed by atoms with Crippen molar-refractivity contribution in [1.29, 1.82) is 0 Å². The van der Waals surface area contributed by atoms with Gasteiger partial charge in [0.05, 0.1) is 19.4 Å². The molecule has 0 aliphatic carbocycles. The number of benzene rings is 1. The molecular weight excluding hydrogens is 328 g/mol. The van der Waals surface area contributed by atoms with Gasteiger partial charge in [0.2, 0.25) is 0 Å². The fraction of sp³-hybridized carbons (Fsp3) is 0.579. The van der Waals surface area contributed by atoms with E-state index < -0.39 is 0 Å². The Hall–Kier alpha value is -1.55. The molecule has 1 aromatic rings. The zero-order chi connectivity index (χ0) is 17.9. The number of esters is 2. The molecule has 1 unspecified atom stereocenters. The van der Waals surface area contributed by atoms with Crippen molar-refractivity contribution in [2.45, 2.75) is 59.0 Å². The van der Waals surface area contributed by atoms with Gasteiger partial charge in [-0.2, -0.15) is 0 Å². The maximum absolute atomic E-state index is 11.8. The van der Waals surface area contributed by atoms with Gasteiger partial charge in [0.25, 0.3) is 0 Å². The van der Waals surface area contributed by atoms with Crippen LogP contribution in [0.1, 0.15) is 52.0 Å². The van der Waals surface area contributed by atoms with Gasteiger partial charge >= 0.3 is 11.9 Å². The zero-order valence-corrected chi connectivity index (χ0v) is 15.5. The third kappa shape index (κ3) is 8.34. The van der Waals surface area contributed by atoms with E-state index in [9.17, 15) is 9.59 Å². The molecule has 0 saturated heterocycles. The molecule has 0 fully saturated rings. The zero-order valence-electron chi connectivity index (χ0n) is 14.7. The van der Waals surface area contributed by atoms with Crippen molar-refractivity contribution in [3.8, 4) is 0 Å². The number of carbonyl (C=O) groups excluding carboxylic acids is 2. The van der Waals surface area contributed by atoms with Gasteiger partial charge in [-0.05, 0) is 30.0 Å². The molecule has 0 aliphatic rings. The molecule has 0 bridgehead atoms. The van der Waals surface area contributed by atoms with Crippen molar-refractivity contribution in [3.63, 3.8) is 0 Å². The fourth-order valence-electron chi connectivity index (χ4n) is 2.29. The van der Waals surface area contributed by atoms with Gasteiger partial charge in [-0.3, -0.25) is 9.59 Å². The molecule has 24 heavy (non-hydrogen) atoms. The summed E-state index contributed by atoms with van der Waals surface area (Å²) in [5.41, 5.74) is 1.01. The van der Waals surface area contributed by atoms with Crippen LogP contribution in [0, 0.1) is 5.92 Å². The van der Waals surface area contributed by atoms with Crippen LogP contribution in [0.3, 0.4) is 0 Å². The summed E-state index contributed by atoms with van der Waals surface area (Å²) >= 11 is 5.90. The van der Waals surface area contributed by atoms with Crippen molar-refractivity contribution in [2.75, 3.05) is 6.61 Å². The third-order valence-electron chi connectivity index (χ3n) is 3.68. The summed E-state index contributed by atoms with van der Waals surface area (Å²) in [4.78, 5) is 23.5. The van der Waals surface area contributed by atoms with Crippen molar-refractivity contribution in [2.24, 2.45) is 5.92 Å². The first-order valence-corrected chi connectivity index (χ1v) is 8.89. The third-order valence-corrected chi connectivity index (χ3v) is 3.91. The highest BCUT2D eigenvalue weighted by atomic mass is 35.5. The average Bonchev–Trinajstić information content (AvgIpc) is 2.52. The average molecular weight is 355 g/mol. The van der Waals surface area contributed by atoms with Crippen LogP contribution in [0.5, 0.6) is 0 Å². The van der Waals surface area contributed by atoms with E-state index >= 15 is 0 Å². The fourth-order valence-corrected chi connectivity index (χ4v) is 2.50. The van der Waals surface area contributed by atoms with E-state index in [1.165, 1.54) is 0 Å². The highest BCUT2D eigenvalue weighted by Gasteiger charge is 2.18. The maximum Gasteiger partial charge on any atom is 0.306 e. The Morgan fingerprint density at radius 1 is 1.17 bits per heavy atom. The van der Waals surface area contributed by atoms with Crippen LogP contribution in [0.4, 0.5) is 0 Å². The van der Waals surface area contributed by atoms with E-state index in [1.54, 1.807) is 6.07 Å². The van der Waals surface area contributed by atoms with Crippen molar-refractivity contribution in [3.05, 3.63) is 34.9 Å². The summed E-state index contributed by atoms with van der Waals surface area (Å²) in [6.07, 6.45) is 2.42. The van der Waals surface area contributed by atoms with Crippen molar-refractivity contribution >= 4 is 23.5 Å². The molecule has 0 saturated carbocycles. The standard InChI is InChI=1S/C19H27ClO4/c1-4-6-17(14(2)3)24-19(22)10-9-18(21)23-12-11-15-7-5-8-16(20)13-15/h5,7-8,13-14,17H,4,6,9-12H2,1-3H3. The SMILES string of the molecule is CCCC(OC(=O)CCC(=O)OCCc1cccc(Cl)c1)C(C)C. The molecular formula is C19H27ClO4. The van der Waals surface area contributed by atoms with E-state index in [1.807, 2.05) is 32.0 Å². The minimum atomic E-state index is -0.384. The molecule has 0 radical (unpaired) electrons. The minimum Gasteiger partial charge on any atom is -0.465 e. The molecule has 0 heterocycles. The van der Waals surface area contributed by atoms with Crippen LogP contribution in [-0.2, 0) is 25.5 Å². The van der Waals surface area contributed by atoms with Crippen molar-refractivity contribution < 1.29 is 19.1 Å². The van der Waals surface area contributed by atoms with Crippen LogP contribution < -0.4 is 0 Å². The summed E-state index contributed by atoms with van der Waals surface area (Å²) in [6, 6.07) is 7.42. The second-order valence-electron chi connectivity index (χ2n) is 6.16. The second kappa shape index (κ2) is 11.1. The van der Waals surface area contributed by atoms with E-state index in [-0.39, 0.29) is 43.4 Å². The summed E-state index contributed by atoms with van der Waals surface area (Å²) in [5.74, 6) is -0.446. The van der Waals surface area contributed by atoms with Crippen molar-refractivity contribution in [1.82, 2.24) is 0 Å². The molecule has 1 atom stereocenters. The molecule has 1 rings (SSSR count). The summed E-state index contributed by atoms with van der Waals surface area (Å²) in [7, 11) is 0. The largest absolute Gasteiger partial charge is 0.465 e. The Kier molecular flexibility index (Phi) is 9.46. The van der Waals surface area contributed by atoms with E-state index in [2.05, 4.69) is 6.92 Å². The molecule has 0 spiro atoms. The predicted octanol–water partition coefficient (Wildman–Crippen LogP) is 4.57. The van der Waals surface area contributed by atoms with Gasteiger partial charge in [0.1, 0.15) is 6.10 Å². The van der Waals surface area contributed by atoms with Crippen LogP contribution in [0.2, 0.25) is 5.02 Å². The molecule has 4 nitrogen and oxygen atoms in total. The monoisotopic (exact) mass is 354 g/mol. The first-order valence-electron chi connectivity index (χ1n) is 8.52. The lowest BCUT2D eigenvalue weighted by Crippen LogP contribution is -2.24. The Balaban J connectivity index is 2.24. The summed E-state index contributed by atoms with van der Waals surface area (Å²) in [5, 5.41) is 0.661. The van der Waals surface area contributed by atoms with Crippen LogP contribution in [0.25, 0.3) is 0 Å². The Morgan fingerprint density at radius 3 is 2.50 bits per heavy atom. The normalized spacial score (nSPS) is 12.0. The molecule has 1 aromatic carbocycles. The van der Waals surface area contributed by atoms with Crippen LogP contribution >= 0.6 is 11.6 Å². The molecule has 5 heteroatoms. The van der Waals surface area contributed by atoms with Crippen LogP contribution in [0.15, 0.2) is 24.3 Å². The quantitative estimate of drug-likeness (QED) is 0.577. The topological polar surface area (TPSA) is 52.6 Å². The van der Waals surface area contributed by atoms with Gasteiger partial charge in [-0.25, -0.2) is 0 Å². The maximum atomic E-state index is 11.8. The summed E-state index contributed by atoms with van der Waals surface area (Å²) < 4.78 is 10.6. The molecule has 0 aromatic heterocycles. The summed E-state index contributed by atoms with van der Waals surface area (Å²) in [6.45, 7) is 6.38. The second-order valence-corrected chi connectivity index (χ2v) is 6.60. The smallest absolute Gasteiger partial charge is 0.306 e. The highest BCUT2D eigenvalue weighted by molar-refractivity contribution is 6.30. The predicted molar refractivity (Wildman–Crippen MR) is 95.0 cm³/mol. The van der Waals surface area contributed by atoms with E-state index in [0.29, 0.717) is 11.4 Å². The number of ether oxygens (including phenoxy) is 2. The lowest BCUT2D eigenvalue weighted by molar-refractivity contribution is -0.155. The van der Waals surface area contributed by atoms with Gasteiger partial charge < -0.3 is 9.47 Å². The van der Waals surface area contributed by atoms with Gasteiger partial charge in [-0.15, -0.1) is 0 Å². The first kappa shape index (κ1) is 20.5. The Labute approximate surface area is 149 Å². The Morgan fingerprint density at radius 2 is 1.88 bits per heavy atom. The number of halogens is 1. The number of rotatable bonds is 10. The highest BCUT2D eigenvalue weighted by Crippen LogP contribution is 2.14. The van der Waals surface area contributed by atoms with Gasteiger partial charge in [0, 0.05) is 11.4 Å². The lowest BCUT2D eigenvalue weighted by atomic mass is 10.0. The van der Waals surface area contributed by atoms with Gasteiger partial charge in [0.15, 0.2) is 0 Å². The lowest BCUT2D eigenvalue weighted by Gasteiger charge is -2.20. The number of hydrogen-bond acceptors (Lipinski definition) is 4. The first-order chi connectivity index (χ1) is 11.4. The van der Waals surface area contributed by atoms with Gasteiger partial charge in [-0.1, -0.05) is 50.9 Å². The number of hydrogen-bond donors (Lipinski definition) is 0. The van der Waals surface area contributed by atoms with E-state index in [4.69, 9.17) is 21.1 Å². The molecule has 0 amide bonds. The Bertz CT molecular complexity index is 528. The molecule has 0 aliphatic heterocycles. The number of carbonyl (C=O) groups is 2. The molecule has 134 valence electrons. The minimum absolute atomic E-state index is 0.0469. The van der Waals surface area contributed by atoms with E-state index in [0.717, 1.165) is 18.4 Å². The molecule has 0 N–H and O–H groups in total. The van der Waals surface area contributed by atoms with Crippen LogP contribution in [-0.4, -0.2) is 24.6 Å².